The quantitative estimate of drug-likeness (QED) is 0.441. The highest BCUT2D eigenvalue weighted by Gasteiger charge is 2.46. The van der Waals surface area contributed by atoms with Crippen LogP contribution in [0.25, 0.3) is 0 Å². The van der Waals surface area contributed by atoms with Crippen LogP contribution in [0.4, 0.5) is 0 Å². The van der Waals surface area contributed by atoms with Crippen molar-refractivity contribution in [3.63, 3.8) is 0 Å². The molecule has 0 aromatic rings. The van der Waals surface area contributed by atoms with Gasteiger partial charge in [0.25, 0.3) is 0 Å². The molecule has 94 valence electrons. The predicted molar refractivity (Wildman–Crippen MR) is 65.0 cm³/mol. The van der Waals surface area contributed by atoms with E-state index in [1.54, 1.807) is 0 Å². The van der Waals surface area contributed by atoms with Gasteiger partial charge in [-0.15, -0.1) is 0 Å². The molecule has 2 amide bonds. The Morgan fingerprint density at radius 2 is 1.65 bits per heavy atom. The van der Waals surface area contributed by atoms with Gasteiger partial charge < -0.3 is 5.73 Å². The van der Waals surface area contributed by atoms with Crippen LogP contribution >= 0.6 is 0 Å². The SMILES string of the molecule is NCCCCCN1C(=O)C2CC=CCC2C1=O. The number of allylic oxidation sites excluding steroid dienone is 2. The number of rotatable bonds is 5. The topological polar surface area (TPSA) is 63.4 Å². The van der Waals surface area contributed by atoms with Crippen LogP contribution in [0.1, 0.15) is 32.1 Å². The van der Waals surface area contributed by atoms with Crippen LogP contribution in [0.3, 0.4) is 0 Å². The Bertz CT molecular complexity index is 312. The van der Waals surface area contributed by atoms with Gasteiger partial charge in [-0.1, -0.05) is 18.6 Å². The molecule has 1 aliphatic carbocycles. The number of hydrogen-bond donors (Lipinski definition) is 1. The Balaban J connectivity index is 1.91. The summed E-state index contributed by atoms with van der Waals surface area (Å²) < 4.78 is 0. The van der Waals surface area contributed by atoms with Crippen molar-refractivity contribution in [2.24, 2.45) is 17.6 Å². The zero-order chi connectivity index (χ0) is 12.3. The highest BCUT2D eigenvalue weighted by Crippen LogP contribution is 2.35. The fourth-order valence-electron chi connectivity index (χ4n) is 2.68. The lowest BCUT2D eigenvalue weighted by molar-refractivity contribution is -0.139. The minimum atomic E-state index is -0.0815. The lowest BCUT2D eigenvalue weighted by atomic mass is 9.85. The summed E-state index contributed by atoms with van der Waals surface area (Å²) in [5.41, 5.74) is 5.42. The number of nitrogens with two attached hydrogens (primary N) is 1. The molecule has 4 heteroatoms. The van der Waals surface area contributed by atoms with Gasteiger partial charge in [0.1, 0.15) is 0 Å². The largest absolute Gasteiger partial charge is 0.330 e. The maximum absolute atomic E-state index is 12.1. The Kier molecular flexibility index (Phi) is 3.94. The van der Waals surface area contributed by atoms with Crippen LogP contribution in [-0.2, 0) is 9.59 Å². The zero-order valence-corrected chi connectivity index (χ0v) is 10.1. The van der Waals surface area contributed by atoms with E-state index in [-0.39, 0.29) is 23.7 Å². The molecule has 17 heavy (non-hydrogen) atoms. The molecule has 0 spiro atoms. The number of nitrogens with zero attached hydrogens (tertiary/aromatic N) is 1. The van der Waals surface area contributed by atoms with E-state index in [1.165, 1.54) is 4.90 Å². The summed E-state index contributed by atoms with van der Waals surface area (Å²) >= 11 is 0. The van der Waals surface area contributed by atoms with E-state index in [0.29, 0.717) is 13.1 Å². The molecule has 2 rings (SSSR count). The molecule has 2 N–H and O–H groups in total. The third-order valence-corrected chi connectivity index (χ3v) is 3.68. The number of carbonyl (C=O) groups is 2. The summed E-state index contributed by atoms with van der Waals surface area (Å²) in [4.78, 5) is 25.6. The summed E-state index contributed by atoms with van der Waals surface area (Å²) in [6.45, 7) is 1.25. The summed E-state index contributed by atoms with van der Waals surface area (Å²) in [6.07, 6.45) is 8.32. The second-order valence-electron chi connectivity index (χ2n) is 4.83. The zero-order valence-electron chi connectivity index (χ0n) is 10.1. The average Bonchev–Trinajstić information content (AvgIpc) is 2.60. The summed E-state index contributed by atoms with van der Waals surface area (Å²) in [5.74, 6) is -0.0850. The smallest absolute Gasteiger partial charge is 0.233 e. The van der Waals surface area contributed by atoms with Crippen molar-refractivity contribution < 1.29 is 9.59 Å². The molecule has 0 radical (unpaired) electrons. The Morgan fingerprint density at radius 3 is 2.18 bits per heavy atom. The van der Waals surface area contributed by atoms with E-state index in [9.17, 15) is 9.59 Å². The van der Waals surface area contributed by atoms with E-state index in [0.717, 1.165) is 32.1 Å². The lowest BCUT2D eigenvalue weighted by Gasteiger charge is -2.14. The van der Waals surface area contributed by atoms with Crippen LogP contribution in [0.2, 0.25) is 0 Å². The molecule has 0 bridgehead atoms. The van der Waals surface area contributed by atoms with Gasteiger partial charge in [-0.25, -0.2) is 0 Å². The number of unbranched alkanes of at least 4 members (excludes halogenated alkanes) is 2. The lowest BCUT2D eigenvalue weighted by Crippen LogP contribution is -2.32. The normalized spacial score (nSPS) is 27.7. The van der Waals surface area contributed by atoms with Gasteiger partial charge in [-0.05, 0) is 32.2 Å². The van der Waals surface area contributed by atoms with Crippen LogP contribution < -0.4 is 5.73 Å². The van der Waals surface area contributed by atoms with Crippen molar-refractivity contribution in [3.05, 3.63) is 12.2 Å². The first kappa shape index (κ1) is 12.3. The Morgan fingerprint density at radius 1 is 1.06 bits per heavy atom. The first-order valence-corrected chi connectivity index (χ1v) is 6.46. The average molecular weight is 236 g/mol. The number of fused-ring (bicyclic) bond motifs is 1. The molecule has 1 aliphatic heterocycles. The van der Waals surface area contributed by atoms with E-state index < -0.39 is 0 Å². The fraction of sp³-hybridized carbons (Fsp3) is 0.692. The Hall–Kier alpha value is -1.16. The first-order chi connectivity index (χ1) is 8.25. The van der Waals surface area contributed by atoms with E-state index in [4.69, 9.17) is 5.73 Å². The van der Waals surface area contributed by atoms with Crippen LogP contribution in [0.15, 0.2) is 12.2 Å². The molecule has 2 atom stereocenters. The van der Waals surface area contributed by atoms with E-state index in [1.807, 2.05) is 12.2 Å². The van der Waals surface area contributed by atoms with E-state index >= 15 is 0 Å². The summed E-state index contributed by atoms with van der Waals surface area (Å²) in [5, 5.41) is 0. The second-order valence-corrected chi connectivity index (χ2v) is 4.83. The fourth-order valence-corrected chi connectivity index (χ4v) is 2.68. The molecule has 1 fully saturated rings. The Labute approximate surface area is 102 Å². The van der Waals surface area contributed by atoms with Crippen LogP contribution in [0, 0.1) is 11.8 Å². The van der Waals surface area contributed by atoms with Gasteiger partial charge in [0, 0.05) is 6.54 Å². The molecular formula is C13H20N2O2. The number of hydrogen-bond acceptors (Lipinski definition) is 3. The first-order valence-electron chi connectivity index (χ1n) is 6.46. The molecule has 1 saturated heterocycles. The summed E-state index contributed by atoms with van der Waals surface area (Å²) in [6, 6.07) is 0. The third kappa shape index (κ3) is 2.41. The minimum Gasteiger partial charge on any atom is -0.330 e. The van der Waals surface area contributed by atoms with Crippen molar-refractivity contribution in [2.75, 3.05) is 13.1 Å². The van der Waals surface area contributed by atoms with Crippen molar-refractivity contribution in [1.82, 2.24) is 4.90 Å². The molecule has 1 heterocycles. The molecule has 4 nitrogen and oxygen atoms in total. The van der Waals surface area contributed by atoms with Gasteiger partial charge in [-0.3, -0.25) is 14.5 Å². The van der Waals surface area contributed by atoms with E-state index in [2.05, 4.69) is 0 Å². The van der Waals surface area contributed by atoms with Crippen LogP contribution in [-0.4, -0.2) is 29.8 Å². The highest BCUT2D eigenvalue weighted by atomic mass is 16.2. The molecule has 0 aromatic carbocycles. The van der Waals surface area contributed by atoms with Crippen molar-refractivity contribution in [3.8, 4) is 0 Å². The molecule has 0 aromatic heterocycles. The molecule has 2 aliphatic rings. The second kappa shape index (κ2) is 5.45. The molecule has 2 unspecified atom stereocenters. The maximum atomic E-state index is 12.1. The standard InChI is InChI=1S/C13H20N2O2/c14-8-4-1-5-9-15-12(16)10-6-2-3-7-11(10)13(15)17/h2-3,10-11H,1,4-9,14H2. The number of amides is 2. The number of carbonyl (C=O) groups excluding carboxylic acids is 2. The number of likely N-dealkylation sites (tertiary alicyclic amines) is 1. The monoisotopic (exact) mass is 236 g/mol. The van der Waals surface area contributed by atoms with Crippen LogP contribution in [0.5, 0.6) is 0 Å². The van der Waals surface area contributed by atoms with Crippen molar-refractivity contribution in [2.45, 2.75) is 32.1 Å². The highest BCUT2D eigenvalue weighted by molar-refractivity contribution is 6.05. The van der Waals surface area contributed by atoms with Gasteiger partial charge in [0.05, 0.1) is 11.8 Å². The van der Waals surface area contributed by atoms with Crippen molar-refractivity contribution >= 4 is 11.8 Å². The maximum Gasteiger partial charge on any atom is 0.233 e. The van der Waals surface area contributed by atoms with Gasteiger partial charge in [0.2, 0.25) is 11.8 Å². The van der Waals surface area contributed by atoms with Crippen molar-refractivity contribution in [1.29, 1.82) is 0 Å². The number of imide groups is 1. The summed E-state index contributed by atoms with van der Waals surface area (Å²) in [7, 11) is 0. The van der Waals surface area contributed by atoms with Gasteiger partial charge >= 0.3 is 0 Å². The third-order valence-electron chi connectivity index (χ3n) is 3.68. The van der Waals surface area contributed by atoms with Gasteiger partial charge in [0.15, 0.2) is 0 Å². The molecular weight excluding hydrogens is 216 g/mol. The molecule has 0 saturated carbocycles. The minimum absolute atomic E-state index is 0.0390. The van der Waals surface area contributed by atoms with Gasteiger partial charge in [-0.2, -0.15) is 0 Å². The predicted octanol–water partition coefficient (Wildman–Crippen LogP) is 1.07.